The maximum Gasteiger partial charge on any atom is 0.270 e. The van der Waals surface area contributed by atoms with Gasteiger partial charge in [-0.05, 0) is 67.3 Å². The summed E-state index contributed by atoms with van der Waals surface area (Å²) in [4.78, 5) is 94.1. The third-order valence-electron chi connectivity index (χ3n) is 14.3. The lowest BCUT2D eigenvalue weighted by Gasteiger charge is -2.36. The molecule has 0 spiro atoms. The van der Waals surface area contributed by atoms with Gasteiger partial charge in [-0.15, -0.1) is 11.3 Å². The fraction of sp³-hybridized carbons (Fsp3) is 0.537. The molecule has 0 radical (unpaired) electrons. The van der Waals surface area contributed by atoms with Crippen LogP contribution in [0, 0.1) is 12.3 Å². The molecule has 5 aromatic rings. The third kappa shape index (κ3) is 12.5. The summed E-state index contributed by atoms with van der Waals surface area (Å²) in [6, 6.07) is 12.4. The Balaban J connectivity index is 0.737. The Labute approximate surface area is 426 Å². The number of aromatic nitrogens is 5. The zero-order valence-electron chi connectivity index (χ0n) is 42.7. The van der Waals surface area contributed by atoms with Crippen LogP contribution < -0.4 is 15.5 Å². The minimum Gasteiger partial charge on any atom is -0.391 e. The van der Waals surface area contributed by atoms with Crippen molar-refractivity contribution < 1.29 is 29.1 Å². The Morgan fingerprint density at radius 3 is 2.26 bits per heavy atom. The molecular weight excluding hydrogens is 931 g/mol. The second-order valence-electron chi connectivity index (χ2n) is 21.0. The average Bonchev–Trinajstić information content (AvgIpc) is 4.20. The number of likely N-dealkylation sites (tertiary alicyclic amines) is 1. The van der Waals surface area contributed by atoms with E-state index in [1.54, 1.807) is 30.3 Å². The number of amides is 5. The molecule has 384 valence electrons. The summed E-state index contributed by atoms with van der Waals surface area (Å²) >= 11 is 1.58. The predicted octanol–water partition coefficient (Wildman–Crippen LogP) is 6.46. The number of fused-ring (bicyclic) bond motifs is 1. The van der Waals surface area contributed by atoms with E-state index in [1.807, 2.05) is 86.9 Å². The molecule has 17 nitrogen and oxygen atoms in total. The first-order valence-corrected chi connectivity index (χ1v) is 26.5. The zero-order valence-corrected chi connectivity index (χ0v) is 43.5. The number of nitrogens with zero attached hydrogens (tertiary/aromatic N) is 9. The minimum absolute atomic E-state index is 0.0130. The monoisotopic (exact) mass is 1000 g/mol. The molecular formula is C54H71N11O6S. The largest absolute Gasteiger partial charge is 0.391 e. The summed E-state index contributed by atoms with van der Waals surface area (Å²) in [6.45, 7) is 10.6. The summed E-state index contributed by atoms with van der Waals surface area (Å²) < 4.78 is 2.13. The third-order valence-corrected chi connectivity index (χ3v) is 15.3. The molecule has 5 amide bonds. The van der Waals surface area contributed by atoms with Crippen molar-refractivity contribution in [3.8, 4) is 10.4 Å². The standard InChI is InChI=1S/C54H71N11O6S/c1-35-48(72-34-58-35)37-19-17-36(18-20-37)30-57-51(69)43-29-42(66)33-64(43)53(71)49(54(2,3)4)60-46(67)15-9-7-8-10-16-47(68)63-25-23-62(24-26-63)41-22-21-39(55-32-41)28-45-56-31-38-27-44(52(70)61(5)6)65(50(38)59-45)40-13-11-12-14-40/h17-22,27,31-32,34,40,42-43,49,66H,7-16,23-26,28-30,33H2,1-6H3,(H,57,69)(H,60,67)/t42-,43?,49-/m1/s1. The molecule has 0 bridgehead atoms. The number of aryl methyl sites for hydroxylation is 1. The van der Waals surface area contributed by atoms with Gasteiger partial charge in [0.15, 0.2) is 0 Å². The number of benzene rings is 1. The number of hydrogen-bond donors (Lipinski definition) is 3. The molecule has 6 heterocycles. The van der Waals surface area contributed by atoms with Crippen LogP contribution >= 0.6 is 11.3 Å². The number of carbonyl (C=O) groups is 5. The molecule has 1 aromatic carbocycles. The number of pyridine rings is 1. The average molecular weight is 1000 g/mol. The van der Waals surface area contributed by atoms with Gasteiger partial charge in [-0.1, -0.05) is 70.7 Å². The van der Waals surface area contributed by atoms with Gasteiger partial charge in [0.1, 0.15) is 29.2 Å². The van der Waals surface area contributed by atoms with Crippen LogP contribution in [-0.2, 0) is 32.1 Å². The van der Waals surface area contributed by atoms with Crippen LogP contribution in [0.3, 0.4) is 0 Å². The van der Waals surface area contributed by atoms with Crippen LogP contribution in [0.1, 0.15) is 131 Å². The van der Waals surface area contributed by atoms with Gasteiger partial charge < -0.3 is 39.9 Å². The van der Waals surface area contributed by atoms with Crippen molar-refractivity contribution in [1.82, 2.24) is 49.8 Å². The van der Waals surface area contributed by atoms with Gasteiger partial charge in [0, 0.05) is 95.9 Å². The lowest BCUT2D eigenvalue weighted by Crippen LogP contribution is -2.57. The van der Waals surface area contributed by atoms with Gasteiger partial charge in [-0.25, -0.2) is 15.0 Å². The SMILES string of the molecule is Cc1ncsc1-c1ccc(CNC(=O)C2C[C@@H](O)CN2C(=O)[C@@H](NC(=O)CCCCCCC(=O)N2CCN(c3ccc(Cc4ncc5cc(C(=O)N(C)C)n(C6CCCC6)c5n4)nc3)CC2)C(C)(C)C)cc1. The van der Waals surface area contributed by atoms with E-state index in [4.69, 9.17) is 9.97 Å². The Kier molecular flexibility index (Phi) is 16.7. The number of hydrogen-bond acceptors (Lipinski definition) is 12. The van der Waals surface area contributed by atoms with Gasteiger partial charge in [-0.2, -0.15) is 0 Å². The predicted molar refractivity (Wildman–Crippen MR) is 278 cm³/mol. The normalized spacial score (nSPS) is 17.9. The van der Waals surface area contributed by atoms with Crippen LogP contribution in [0.2, 0.25) is 0 Å². The van der Waals surface area contributed by atoms with Crippen molar-refractivity contribution in [3.05, 3.63) is 88.8 Å². The Hall–Kier alpha value is -6.27. The number of rotatable bonds is 18. The van der Waals surface area contributed by atoms with Gasteiger partial charge in [-0.3, -0.25) is 29.0 Å². The van der Waals surface area contributed by atoms with E-state index in [1.165, 1.54) is 4.90 Å². The summed E-state index contributed by atoms with van der Waals surface area (Å²) in [5.41, 5.74) is 7.43. The Bertz CT molecular complexity index is 2700. The number of carbonyl (C=O) groups excluding carboxylic acids is 5. The first kappa shape index (κ1) is 52.1. The summed E-state index contributed by atoms with van der Waals surface area (Å²) in [7, 11) is 3.55. The first-order chi connectivity index (χ1) is 34.5. The van der Waals surface area contributed by atoms with Crippen LogP contribution in [0.25, 0.3) is 21.5 Å². The maximum atomic E-state index is 14.1. The lowest BCUT2D eigenvalue weighted by atomic mass is 9.85. The molecule has 4 aromatic heterocycles. The highest BCUT2D eigenvalue weighted by atomic mass is 32.1. The molecule has 3 aliphatic rings. The molecule has 2 saturated heterocycles. The van der Waals surface area contributed by atoms with Crippen molar-refractivity contribution in [1.29, 1.82) is 0 Å². The van der Waals surface area contributed by atoms with Crippen molar-refractivity contribution in [2.75, 3.05) is 51.7 Å². The van der Waals surface area contributed by atoms with E-state index in [0.29, 0.717) is 57.0 Å². The number of unbranched alkanes of at least 4 members (excludes halogenated alkanes) is 3. The van der Waals surface area contributed by atoms with Crippen LogP contribution in [-0.4, -0.2) is 139 Å². The van der Waals surface area contributed by atoms with Crippen LogP contribution in [0.5, 0.6) is 0 Å². The van der Waals surface area contributed by atoms with E-state index in [9.17, 15) is 29.1 Å². The molecule has 3 atom stereocenters. The van der Waals surface area contributed by atoms with Gasteiger partial charge in [0.25, 0.3) is 5.91 Å². The van der Waals surface area contributed by atoms with Crippen molar-refractivity contribution in [2.24, 2.45) is 5.41 Å². The second-order valence-corrected chi connectivity index (χ2v) is 21.9. The summed E-state index contributed by atoms with van der Waals surface area (Å²) in [5, 5.41) is 17.4. The van der Waals surface area contributed by atoms with E-state index < -0.39 is 23.6 Å². The van der Waals surface area contributed by atoms with Crippen molar-refractivity contribution >= 4 is 57.6 Å². The highest BCUT2D eigenvalue weighted by Gasteiger charge is 2.44. The molecule has 3 N–H and O–H groups in total. The molecule has 18 heteroatoms. The minimum atomic E-state index is -0.888. The Morgan fingerprint density at radius 2 is 1.61 bits per heavy atom. The van der Waals surface area contributed by atoms with Crippen LogP contribution in [0.4, 0.5) is 5.69 Å². The summed E-state index contributed by atoms with van der Waals surface area (Å²) in [6.07, 6.45) is 11.4. The zero-order chi connectivity index (χ0) is 51.1. The summed E-state index contributed by atoms with van der Waals surface area (Å²) in [5.74, 6) is -0.209. The van der Waals surface area contributed by atoms with E-state index in [0.717, 1.165) is 89.1 Å². The fourth-order valence-corrected chi connectivity index (χ4v) is 11.0. The fourth-order valence-electron chi connectivity index (χ4n) is 10.2. The van der Waals surface area contributed by atoms with Gasteiger partial charge >= 0.3 is 0 Å². The topological polar surface area (TPSA) is 199 Å². The number of aliphatic hydroxyl groups is 1. The first-order valence-electron chi connectivity index (χ1n) is 25.6. The molecule has 1 saturated carbocycles. The quantitative estimate of drug-likeness (QED) is 0.0814. The number of thiazole rings is 1. The second kappa shape index (κ2) is 23.1. The Morgan fingerprint density at radius 1 is 0.889 bits per heavy atom. The molecule has 1 aliphatic carbocycles. The number of piperazine rings is 1. The molecule has 8 rings (SSSR count). The van der Waals surface area contributed by atoms with E-state index in [2.05, 4.69) is 36.1 Å². The van der Waals surface area contributed by atoms with Gasteiger partial charge in [0.05, 0.1) is 40.5 Å². The number of β-amino-alcohol motifs (C(OH)–C–C–N with tert-alkyl or cyclic N) is 1. The number of nitrogens with one attached hydrogen (secondary N) is 2. The smallest absolute Gasteiger partial charge is 0.270 e. The lowest BCUT2D eigenvalue weighted by molar-refractivity contribution is -0.144. The van der Waals surface area contributed by atoms with E-state index >= 15 is 0 Å². The van der Waals surface area contributed by atoms with Crippen molar-refractivity contribution in [2.45, 2.75) is 136 Å². The highest BCUT2D eigenvalue weighted by molar-refractivity contribution is 7.13. The highest BCUT2D eigenvalue weighted by Crippen LogP contribution is 2.35. The van der Waals surface area contributed by atoms with Crippen molar-refractivity contribution in [3.63, 3.8) is 0 Å². The number of aliphatic hydroxyl groups excluding tert-OH is 1. The van der Waals surface area contributed by atoms with E-state index in [-0.39, 0.29) is 61.5 Å². The number of anilines is 1. The van der Waals surface area contributed by atoms with Gasteiger partial charge in [0.2, 0.25) is 23.6 Å². The molecule has 72 heavy (non-hydrogen) atoms. The maximum absolute atomic E-state index is 14.1. The molecule has 2 aliphatic heterocycles. The molecule has 3 fully saturated rings. The molecule has 1 unspecified atom stereocenters. The van der Waals surface area contributed by atoms with Crippen LogP contribution in [0.15, 0.2) is 60.4 Å².